The van der Waals surface area contributed by atoms with Gasteiger partial charge in [-0.1, -0.05) is 25.1 Å². The van der Waals surface area contributed by atoms with Crippen LogP contribution in [0.15, 0.2) is 47.4 Å². The second-order valence-electron chi connectivity index (χ2n) is 8.24. The van der Waals surface area contributed by atoms with Gasteiger partial charge in [-0.05, 0) is 67.5 Å². The molecule has 4 rings (SSSR count). The lowest BCUT2D eigenvalue weighted by molar-refractivity contribution is -0.134. The van der Waals surface area contributed by atoms with Crippen LogP contribution in [0.5, 0.6) is 5.75 Å². The molecule has 2 aliphatic rings. The molecule has 2 aromatic rings. The van der Waals surface area contributed by atoms with Gasteiger partial charge in [0.1, 0.15) is 5.75 Å². The van der Waals surface area contributed by atoms with Gasteiger partial charge >= 0.3 is 0 Å². The maximum absolute atomic E-state index is 13.2. The van der Waals surface area contributed by atoms with E-state index in [4.69, 9.17) is 4.74 Å². The molecule has 1 fully saturated rings. The summed E-state index contributed by atoms with van der Waals surface area (Å²) in [4.78, 5) is 14.5. The van der Waals surface area contributed by atoms with Gasteiger partial charge in [0.2, 0.25) is 0 Å². The Labute approximate surface area is 178 Å². The zero-order valence-corrected chi connectivity index (χ0v) is 18.3. The van der Waals surface area contributed by atoms with Crippen LogP contribution in [-0.2, 0) is 21.2 Å². The zero-order chi connectivity index (χ0) is 21.3. The Morgan fingerprint density at radius 1 is 1.10 bits per heavy atom. The Kier molecular flexibility index (Phi) is 5.73. The van der Waals surface area contributed by atoms with Crippen molar-refractivity contribution in [3.8, 4) is 5.75 Å². The molecule has 30 heavy (non-hydrogen) atoms. The number of aryl methyl sites for hydroxylation is 1. The number of nitrogens with zero attached hydrogens (tertiary/aromatic N) is 2. The number of benzene rings is 2. The normalized spacial score (nSPS) is 17.1. The van der Waals surface area contributed by atoms with Crippen molar-refractivity contribution in [2.45, 2.75) is 38.0 Å². The van der Waals surface area contributed by atoms with Crippen LogP contribution in [0, 0.1) is 12.8 Å². The van der Waals surface area contributed by atoms with E-state index in [1.165, 1.54) is 4.31 Å². The van der Waals surface area contributed by atoms with Crippen LogP contribution in [0.2, 0.25) is 0 Å². The third-order valence-electron chi connectivity index (χ3n) is 6.07. The maximum Gasteiger partial charge on any atom is 0.264 e. The van der Waals surface area contributed by atoms with E-state index in [0.717, 1.165) is 37.2 Å². The van der Waals surface area contributed by atoms with Crippen molar-refractivity contribution in [3.63, 3.8) is 0 Å². The maximum atomic E-state index is 13.2. The molecule has 0 aliphatic carbocycles. The van der Waals surface area contributed by atoms with Crippen molar-refractivity contribution in [2.75, 3.05) is 30.5 Å². The molecule has 0 atom stereocenters. The molecule has 0 unspecified atom stereocenters. The molecule has 160 valence electrons. The van der Waals surface area contributed by atoms with Gasteiger partial charge in [-0.2, -0.15) is 0 Å². The first-order chi connectivity index (χ1) is 14.4. The number of sulfonamides is 1. The molecule has 2 aromatic carbocycles. The lowest BCUT2D eigenvalue weighted by Crippen LogP contribution is -2.40. The number of piperidine rings is 1. The van der Waals surface area contributed by atoms with Gasteiger partial charge in [-0.15, -0.1) is 0 Å². The second-order valence-corrected chi connectivity index (χ2v) is 10.1. The Morgan fingerprint density at radius 2 is 1.83 bits per heavy atom. The Hall–Kier alpha value is -2.54. The van der Waals surface area contributed by atoms with Gasteiger partial charge in [0.05, 0.1) is 10.6 Å². The van der Waals surface area contributed by atoms with Gasteiger partial charge in [0.15, 0.2) is 6.61 Å². The minimum absolute atomic E-state index is 0.0216. The number of hydrogen-bond acceptors (Lipinski definition) is 4. The Morgan fingerprint density at radius 3 is 2.57 bits per heavy atom. The molecule has 7 heteroatoms. The van der Waals surface area contributed by atoms with E-state index in [1.54, 1.807) is 25.1 Å². The fourth-order valence-electron chi connectivity index (χ4n) is 4.12. The van der Waals surface area contributed by atoms with E-state index in [0.29, 0.717) is 30.2 Å². The number of likely N-dealkylation sites (tertiary alicyclic amines) is 1. The largest absolute Gasteiger partial charge is 0.483 e. The number of carbonyl (C=O) groups is 1. The molecule has 2 heterocycles. The van der Waals surface area contributed by atoms with E-state index in [9.17, 15) is 13.2 Å². The van der Waals surface area contributed by atoms with Crippen LogP contribution in [0.3, 0.4) is 0 Å². The van der Waals surface area contributed by atoms with Gasteiger partial charge in [0.25, 0.3) is 15.9 Å². The van der Waals surface area contributed by atoms with E-state index in [2.05, 4.69) is 6.92 Å². The Bertz CT molecular complexity index is 1040. The third kappa shape index (κ3) is 4.03. The summed E-state index contributed by atoms with van der Waals surface area (Å²) in [6.07, 6.45) is 2.76. The number of fused-ring (bicyclic) bond motifs is 1. The number of ether oxygens (including phenoxy) is 1. The number of amides is 1. The highest BCUT2D eigenvalue weighted by Gasteiger charge is 2.31. The molecular formula is C23H28N2O4S. The zero-order valence-electron chi connectivity index (χ0n) is 17.5. The molecule has 0 bridgehead atoms. The van der Waals surface area contributed by atoms with Crippen molar-refractivity contribution >= 4 is 21.6 Å². The van der Waals surface area contributed by atoms with Crippen LogP contribution in [-0.4, -0.2) is 45.5 Å². The second kappa shape index (κ2) is 8.30. The van der Waals surface area contributed by atoms with E-state index < -0.39 is 10.0 Å². The lowest BCUT2D eigenvalue weighted by atomic mass is 9.99. The number of hydrogen-bond donors (Lipinski definition) is 0. The lowest BCUT2D eigenvalue weighted by Gasteiger charge is -2.30. The molecule has 0 N–H and O–H groups in total. The molecule has 0 aromatic heterocycles. The first-order valence-corrected chi connectivity index (χ1v) is 11.9. The first kappa shape index (κ1) is 20.7. The highest BCUT2D eigenvalue weighted by molar-refractivity contribution is 7.92. The van der Waals surface area contributed by atoms with Crippen LogP contribution in [0.25, 0.3) is 0 Å². The molecule has 0 spiro atoms. The SMILES string of the molecule is Cc1cc(S(=O)(=O)N2CCc3ccccc32)ccc1OCC(=O)N1CCC(C)CC1. The minimum Gasteiger partial charge on any atom is -0.483 e. The summed E-state index contributed by atoms with van der Waals surface area (Å²) in [5.41, 5.74) is 2.49. The van der Waals surface area contributed by atoms with Crippen molar-refractivity contribution in [1.29, 1.82) is 0 Å². The average molecular weight is 429 g/mol. The number of rotatable bonds is 5. The van der Waals surface area contributed by atoms with Crippen LogP contribution >= 0.6 is 0 Å². The van der Waals surface area contributed by atoms with Gasteiger partial charge in [0, 0.05) is 19.6 Å². The predicted octanol–water partition coefficient (Wildman–Crippen LogP) is 3.38. The quantitative estimate of drug-likeness (QED) is 0.732. The van der Waals surface area contributed by atoms with E-state index in [-0.39, 0.29) is 17.4 Å². The summed E-state index contributed by atoms with van der Waals surface area (Å²) in [5, 5.41) is 0. The Balaban J connectivity index is 1.45. The first-order valence-electron chi connectivity index (χ1n) is 10.5. The molecule has 6 nitrogen and oxygen atoms in total. The van der Waals surface area contributed by atoms with Crippen LogP contribution in [0.1, 0.15) is 30.9 Å². The monoisotopic (exact) mass is 428 g/mol. The van der Waals surface area contributed by atoms with Crippen molar-refractivity contribution < 1.29 is 17.9 Å². The standard InChI is InChI=1S/C23H28N2O4S/c1-17-9-12-24(13-10-17)23(26)16-29-22-8-7-20(15-18(22)2)30(27,28)25-14-11-19-5-3-4-6-21(19)25/h3-8,15,17H,9-14,16H2,1-2H3. The number of para-hydroxylation sites is 1. The average Bonchev–Trinajstić information content (AvgIpc) is 3.18. The van der Waals surface area contributed by atoms with Crippen molar-refractivity contribution in [3.05, 3.63) is 53.6 Å². The predicted molar refractivity (Wildman–Crippen MR) is 116 cm³/mol. The smallest absolute Gasteiger partial charge is 0.264 e. The van der Waals surface area contributed by atoms with Crippen molar-refractivity contribution in [2.24, 2.45) is 5.92 Å². The molecule has 0 radical (unpaired) electrons. The summed E-state index contributed by atoms with van der Waals surface area (Å²) < 4.78 is 33.6. The molecule has 0 saturated carbocycles. The summed E-state index contributed by atoms with van der Waals surface area (Å²) >= 11 is 0. The van der Waals surface area contributed by atoms with Crippen LogP contribution < -0.4 is 9.04 Å². The fraction of sp³-hybridized carbons (Fsp3) is 0.435. The van der Waals surface area contributed by atoms with Crippen LogP contribution in [0.4, 0.5) is 5.69 Å². The molecule has 1 saturated heterocycles. The van der Waals surface area contributed by atoms with Gasteiger partial charge in [-0.3, -0.25) is 9.10 Å². The summed E-state index contributed by atoms with van der Waals surface area (Å²) in [5.74, 6) is 1.18. The number of anilines is 1. The minimum atomic E-state index is -3.64. The van der Waals surface area contributed by atoms with Crippen molar-refractivity contribution in [1.82, 2.24) is 4.90 Å². The number of carbonyl (C=O) groups excluding carboxylic acids is 1. The highest BCUT2D eigenvalue weighted by Crippen LogP contribution is 2.33. The summed E-state index contributed by atoms with van der Waals surface area (Å²) in [6, 6.07) is 12.4. The van der Waals surface area contributed by atoms with Gasteiger partial charge < -0.3 is 9.64 Å². The molecule has 2 aliphatic heterocycles. The highest BCUT2D eigenvalue weighted by atomic mass is 32.2. The fourth-order valence-corrected chi connectivity index (χ4v) is 5.71. The third-order valence-corrected chi connectivity index (χ3v) is 7.88. The molecule has 1 amide bonds. The van der Waals surface area contributed by atoms with E-state index >= 15 is 0 Å². The van der Waals surface area contributed by atoms with Gasteiger partial charge in [-0.25, -0.2) is 8.42 Å². The summed E-state index contributed by atoms with van der Waals surface area (Å²) in [6.45, 7) is 5.98. The van der Waals surface area contributed by atoms with E-state index in [1.807, 2.05) is 29.2 Å². The molecular weight excluding hydrogens is 400 g/mol. The summed E-state index contributed by atoms with van der Waals surface area (Å²) in [7, 11) is -3.64. The topological polar surface area (TPSA) is 66.9 Å².